The van der Waals surface area contributed by atoms with E-state index in [0.717, 1.165) is 12.2 Å². The van der Waals surface area contributed by atoms with Crippen LogP contribution in [-0.4, -0.2) is 20.6 Å². The van der Waals surface area contributed by atoms with E-state index in [1.54, 1.807) is 11.0 Å². The zero-order valence-corrected chi connectivity index (χ0v) is 10.9. The van der Waals surface area contributed by atoms with Gasteiger partial charge in [0.2, 0.25) is 0 Å². The number of hydrogen-bond acceptors (Lipinski definition) is 2. The zero-order chi connectivity index (χ0) is 12.3. The van der Waals surface area contributed by atoms with E-state index in [4.69, 9.17) is 11.6 Å². The smallest absolute Gasteiger partial charge is 0.138 e. The maximum absolute atomic E-state index is 6.05. The van der Waals surface area contributed by atoms with Crippen LogP contribution in [0.15, 0.2) is 30.6 Å². The lowest BCUT2D eigenvalue weighted by molar-refractivity contribution is 0.648. The molecule has 1 unspecified atom stereocenters. The molecule has 0 aliphatic carbocycles. The minimum Gasteiger partial charge on any atom is -0.253 e. The third-order valence-corrected chi connectivity index (χ3v) is 3.34. The normalized spacial score (nSPS) is 12.6. The highest BCUT2D eigenvalue weighted by Gasteiger charge is 2.14. The SMILES string of the molecule is Cc1ccc(C(CCl)Cc2ncnn2C)cc1. The highest BCUT2D eigenvalue weighted by atomic mass is 35.5. The largest absolute Gasteiger partial charge is 0.253 e. The molecular weight excluding hydrogens is 234 g/mol. The Morgan fingerprint density at radius 3 is 2.53 bits per heavy atom. The molecule has 0 N–H and O–H groups in total. The minimum atomic E-state index is 0.292. The first-order chi connectivity index (χ1) is 8.20. The van der Waals surface area contributed by atoms with E-state index >= 15 is 0 Å². The van der Waals surface area contributed by atoms with E-state index in [2.05, 4.69) is 41.3 Å². The molecule has 0 amide bonds. The maximum Gasteiger partial charge on any atom is 0.138 e. The molecule has 2 aromatic rings. The van der Waals surface area contributed by atoms with Gasteiger partial charge in [0.25, 0.3) is 0 Å². The molecule has 1 aromatic heterocycles. The molecule has 17 heavy (non-hydrogen) atoms. The molecule has 0 fully saturated rings. The molecule has 4 heteroatoms. The lowest BCUT2D eigenvalue weighted by atomic mass is 9.96. The third kappa shape index (κ3) is 2.86. The van der Waals surface area contributed by atoms with Gasteiger partial charge >= 0.3 is 0 Å². The van der Waals surface area contributed by atoms with Crippen molar-refractivity contribution < 1.29 is 0 Å². The summed E-state index contributed by atoms with van der Waals surface area (Å²) >= 11 is 6.05. The lowest BCUT2D eigenvalue weighted by Crippen LogP contribution is -2.09. The monoisotopic (exact) mass is 249 g/mol. The predicted octanol–water partition coefficient (Wildman–Crippen LogP) is 2.69. The van der Waals surface area contributed by atoms with Crippen LogP contribution < -0.4 is 0 Å². The summed E-state index contributed by atoms with van der Waals surface area (Å²) in [5.41, 5.74) is 2.52. The molecule has 1 heterocycles. The van der Waals surface area contributed by atoms with Gasteiger partial charge in [0.1, 0.15) is 12.2 Å². The van der Waals surface area contributed by atoms with Crippen LogP contribution in [0.2, 0.25) is 0 Å². The van der Waals surface area contributed by atoms with Gasteiger partial charge in [-0.05, 0) is 12.5 Å². The molecule has 90 valence electrons. The van der Waals surface area contributed by atoms with Crippen molar-refractivity contribution in [1.29, 1.82) is 0 Å². The molecular formula is C13H16ClN3. The number of halogens is 1. The van der Waals surface area contributed by atoms with Crippen molar-refractivity contribution >= 4 is 11.6 Å². The van der Waals surface area contributed by atoms with Crippen LogP contribution in [-0.2, 0) is 13.5 Å². The van der Waals surface area contributed by atoms with E-state index in [0.29, 0.717) is 11.8 Å². The first-order valence-corrected chi connectivity index (χ1v) is 6.19. The molecule has 0 bridgehead atoms. The summed E-state index contributed by atoms with van der Waals surface area (Å²) in [7, 11) is 1.91. The van der Waals surface area contributed by atoms with Crippen molar-refractivity contribution in [3.05, 3.63) is 47.5 Å². The molecule has 3 nitrogen and oxygen atoms in total. The average Bonchev–Trinajstić information content (AvgIpc) is 2.73. The quantitative estimate of drug-likeness (QED) is 0.780. The van der Waals surface area contributed by atoms with Gasteiger partial charge in [0, 0.05) is 25.3 Å². The molecule has 0 aliphatic rings. The van der Waals surface area contributed by atoms with E-state index in [-0.39, 0.29) is 0 Å². The number of hydrogen-bond donors (Lipinski definition) is 0. The summed E-state index contributed by atoms with van der Waals surface area (Å²) in [5.74, 6) is 1.85. The second-order valence-electron chi connectivity index (χ2n) is 4.27. The molecule has 1 atom stereocenters. The molecule has 0 aliphatic heterocycles. The average molecular weight is 250 g/mol. The van der Waals surface area contributed by atoms with Gasteiger partial charge in [0.05, 0.1) is 0 Å². The number of aromatic nitrogens is 3. The van der Waals surface area contributed by atoms with E-state index < -0.39 is 0 Å². The van der Waals surface area contributed by atoms with Crippen LogP contribution in [0.4, 0.5) is 0 Å². The van der Waals surface area contributed by atoms with Crippen LogP contribution in [0.5, 0.6) is 0 Å². The number of benzene rings is 1. The lowest BCUT2D eigenvalue weighted by Gasteiger charge is -2.13. The van der Waals surface area contributed by atoms with Crippen LogP contribution in [0, 0.1) is 6.92 Å². The van der Waals surface area contributed by atoms with Gasteiger partial charge in [-0.3, -0.25) is 4.68 Å². The molecule has 0 saturated heterocycles. The number of nitrogens with zero attached hydrogens (tertiary/aromatic N) is 3. The zero-order valence-electron chi connectivity index (χ0n) is 10.1. The van der Waals surface area contributed by atoms with Crippen molar-refractivity contribution in [1.82, 2.24) is 14.8 Å². The Labute approximate surface area is 106 Å². The summed E-state index contributed by atoms with van der Waals surface area (Å²) in [6, 6.07) is 8.51. The van der Waals surface area contributed by atoms with Crippen molar-refractivity contribution in [2.45, 2.75) is 19.3 Å². The predicted molar refractivity (Wildman–Crippen MR) is 69.3 cm³/mol. The minimum absolute atomic E-state index is 0.292. The van der Waals surface area contributed by atoms with Gasteiger partial charge < -0.3 is 0 Å². The first kappa shape index (κ1) is 12.1. The van der Waals surface area contributed by atoms with Gasteiger partial charge in [0.15, 0.2) is 0 Å². The van der Waals surface area contributed by atoms with E-state index in [1.165, 1.54) is 11.1 Å². The Morgan fingerprint density at radius 1 is 1.29 bits per heavy atom. The molecule has 0 radical (unpaired) electrons. The Bertz CT molecular complexity index is 476. The van der Waals surface area contributed by atoms with Crippen molar-refractivity contribution in [2.75, 3.05) is 5.88 Å². The Morgan fingerprint density at radius 2 is 2.00 bits per heavy atom. The highest BCUT2D eigenvalue weighted by Crippen LogP contribution is 2.21. The van der Waals surface area contributed by atoms with Gasteiger partial charge in [-0.1, -0.05) is 29.8 Å². The summed E-state index contributed by atoms with van der Waals surface area (Å²) in [6.45, 7) is 2.09. The topological polar surface area (TPSA) is 30.7 Å². The van der Waals surface area contributed by atoms with Crippen LogP contribution in [0.3, 0.4) is 0 Å². The number of rotatable bonds is 4. The van der Waals surface area contributed by atoms with Crippen molar-refractivity contribution in [2.24, 2.45) is 7.05 Å². The van der Waals surface area contributed by atoms with E-state index in [9.17, 15) is 0 Å². The molecule has 0 spiro atoms. The molecule has 0 saturated carbocycles. The second kappa shape index (κ2) is 5.32. The van der Waals surface area contributed by atoms with Crippen LogP contribution in [0.25, 0.3) is 0 Å². The fourth-order valence-electron chi connectivity index (χ4n) is 1.83. The Balaban J connectivity index is 2.17. The fourth-order valence-corrected chi connectivity index (χ4v) is 2.11. The van der Waals surface area contributed by atoms with Gasteiger partial charge in [-0.25, -0.2) is 4.98 Å². The van der Waals surface area contributed by atoms with Gasteiger partial charge in [-0.15, -0.1) is 11.6 Å². The summed E-state index contributed by atoms with van der Waals surface area (Å²) < 4.78 is 1.80. The van der Waals surface area contributed by atoms with Crippen molar-refractivity contribution in [3.8, 4) is 0 Å². The second-order valence-corrected chi connectivity index (χ2v) is 4.57. The highest BCUT2D eigenvalue weighted by molar-refractivity contribution is 6.18. The fraction of sp³-hybridized carbons (Fsp3) is 0.385. The Hall–Kier alpha value is -1.35. The molecule has 1 aromatic carbocycles. The van der Waals surface area contributed by atoms with Crippen LogP contribution >= 0.6 is 11.6 Å². The maximum atomic E-state index is 6.05. The summed E-state index contributed by atoms with van der Waals surface area (Å²) in [5, 5.41) is 4.07. The first-order valence-electron chi connectivity index (χ1n) is 5.66. The number of aryl methyl sites for hydroxylation is 2. The van der Waals surface area contributed by atoms with Crippen LogP contribution in [0.1, 0.15) is 22.9 Å². The summed E-state index contributed by atoms with van der Waals surface area (Å²) in [6.07, 6.45) is 2.40. The standard InChI is InChI=1S/C13H16ClN3/c1-10-3-5-11(6-4-10)12(8-14)7-13-15-9-16-17(13)2/h3-6,9,12H,7-8H2,1-2H3. The molecule has 2 rings (SSSR count). The Kier molecular flexibility index (Phi) is 3.79. The van der Waals surface area contributed by atoms with E-state index in [1.807, 2.05) is 7.05 Å². The number of alkyl halides is 1. The summed E-state index contributed by atoms with van der Waals surface area (Å²) in [4.78, 5) is 4.24. The van der Waals surface area contributed by atoms with Crippen molar-refractivity contribution in [3.63, 3.8) is 0 Å². The van der Waals surface area contributed by atoms with Gasteiger partial charge in [-0.2, -0.15) is 5.10 Å². The third-order valence-electron chi connectivity index (χ3n) is 2.97.